The molecule has 1 N–H and O–H groups in total. The fraction of sp³-hybridized carbons (Fsp3) is 0.0833. The number of ether oxygens (including phenoxy) is 1. The third kappa shape index (κ3) is 3.52. The first kappa shape index (κ1) is 20.8. The number of anilines is 1. The third-order valence-electron chi connectivity index (χ3n) is 5.35. The van der Waals surface area contributed by atoms with Crippen molar-refractivity contribution in [2.45, 2.75) is 6.04 Å². The molecule has 0 radical (unpaired) electrons. The zero-order valence-electron chi connectivity index (χ0n) is 17.2. The van der Waals surface area contributed by atoms with Gasteiger partial charge in [-0.3, -0.25) is 19.5 Å². The van der Waals surface area contributed by atoms with E-state index in [9.17, 15) is 19.1 Å². The highest BCUT2D eigenvalue weighted by Crippen LogP contribution is 2.44. The van der Waals surface area contributed by atoms with Gasteiger partial charge in [0.15, 0.2) is 5.13 Å². The summed E-state index contributed by atoms with van der Waals surface area (Å²) in [6, 6.07) is 13.1. The Balaban J connectivity index is 1.72. The number of aromatic nitrogens is 2. The van der Waals surface area contributed by atoms with E-state index in [1.807, 2.05) is 0 Å². The van der Waals surface area contributed by atoms with E-state index in [1.54, 1.807) is 36.4 Å². The lowest BCUT2D eigenvalue weighted by atomic mass is 9.96. The van der Waals surface area contributed by atoms with E-state index in [4.69, 9.17) is 4.74 Å². The number of aliphatic hydroxyl groups excluding tert-OH is 1. The number of aliphatic hydroxyl groups is 1. The summed E-state index contributed by atoms with van der Waals surface area (Å²) < 4.78 is 19.5. The molecule has 5 rings (SSSR count). The van der Waals surface area contributed by atoms with Crippen LogP contribution in [0.15, 0.2) is 72.6 Å². The first-order valence-electron chi connectivity index (χ1n) is 9.89. The molecule has 1 atom stereocenters. The van der Waals surface area contributed by atoms with Crippen molar-refractivity contribution < 1.29 is 23.8 Å². The molecule has 2 aromatic carbocycles. The predicted molar refractivity (Wildman–Crippen MR) is 122 cm³/mol. The van der Waals surface area contributed by atoms with Crippen molar-refractivity contribution in [3.05, 3.63) is 89.5 Å². The Morgan fingerprint density at radius 3 is 2.67 bits per heavy atom. The molecular formula is C24H16FN3O4S. The quantitative estimate of drug-likeness (QED) is 0.274. The summed E-state index contributed by atoms with van der Waals surface area (Å²) in [7, 11) is 1.49. The summed E-state index contributed by atoms with van der Waals surface area (Å²) in [6.45, 7) is 0. The maximum Gasteiger partial charge on any atom is 0.301 e. The molecule has 0 spiro atoms. The lowest BCUT2D eigenvalue weighted by Gasteiger charge is -2.22. The molecule has 1 amide bonds. The lowest BCUT2D eigenvalue weighted by molar-refractivity contribution is -0.132. The van der Waals surface area contributed by atoms with Crippen LogP contribution in [0.25, 0.3) is 16.0 Å². The minimum absolute atomic E-state index is 0.0788. The molecule has 164 valence electrons. The molecule has 7 nitrogen and oxygen atoms in total. The topological polar surface area (TPSA) is 92.6 Å². The van der Waals surface area contributed by atoms with Gasteiger partial charge in [-0.1, -0.05) is 23.5 Å². The summed E-state index contributed by atoms with van der Waals surface area (Å²) in [4.78, 5) is 36.1. The summed E-state index contributed by atoms with van der Waals surface area (Å²) in [5, 5.41) is 11.4. The summed E-state index contributed by atoms with van der Waals surface area (Å²) in [5.74, 6) is -1.95. The Bertz CT molecular complexity index is 1430. The summed E-state index contributed by atoms with van der Waals surface area (Å²) in [5.41, 5.74) is 1.32. The van der Waals surface area contributed by atoms with Crippen LogP contribution in [0.4, 0.5) is 9.52 Å². The molecule has 3 heterocycles. The maximum absolute atomic E-state index is 13.7. The second-order valence-corrected chi connectivity index (χ2v) is 8.30. The van der Waals surface area contributed by atoms with Gasteiger partial charge in [-0.05, 0) is 48.0 Å². The number of carbonyl (C=O) groups excluding carboxylic acids is 2. The van der Waals surface area contributed by atoms with Gasteiger partial charge in [0.25, 0.3) is 5.78 Å². The third-order valence-corrected chi connectivity index (χ3v) is 6.37. The molecule has 0 bridgehead atoms. The SMILES string of the molecule is COc1cccc(/C(O)=C2\C(=O)C(=O)N(c3nc4ccc(F)cc4s3)C2c2ccncc2)c1. The highest BCUT2D eigenvalue weighted by molar-refractivity contribution is 7.22. The second kappa shape index (κ2) is 8.10. The van der Waals surface area contributed by atoms with Crippen LogP contribution in [0.5, 0.6) is 5.75 Å². The highest BCUT2D eigenvalue weighted by atomic mass is 32.1. The van der Waals surface area contributed by atoms with Crippen LogP contribution in [0.1, 0.15) is 17.2 Å². The van der Waals surface area contributed by atoms with Crippen LogP contribution in [0.3, 0.4) is 0 Å². The van der Waals surface area contributed by atoms with Crippen molar-refractivity contribution in [3.63, 3.8) is 0 Å². The molecule has 9 heteroatoms. The smallest absolute Gasteiger partial charge is 0.301 e. The molecule has 1 aliphatic rings. The number of rotatable bonds is 4. The average molecular weight is 461 g/mol. The standard InChI is InChI=1S/C24H16FN3O4S/c1-32-16-4-2-3-14(11-16)21(29)19-20(13-7-9-26-10-8-13)28(23(31)22(19)30)24-27-17-6-5-15(25)12-18(17)33-24/h2-12,20,29H,1H3/b21-19+. The number of Topliss-reactive ketones (excluding diaryl/α,β-unsaturated/α-hetero) is 1. The van der Waals surface area contributed by atoms with Crippen LogP contribution >= 0.6 is 11.3 Å². The van der Waals surface area contributed by atoms with Gasteiger partial charge in [0.1, 0.15) is 17.3 Å². The fourth-order valence-electron chi connectivity index (χ4n) is 3.81. The Morgan fingerprint density at radius 2 is 1.91 bits per heavy atom. The molecule has 1 saturated heterocycles. The van der Waals surface area contributed by atoms with Crippen molar-refractivity contribution >= 4 is 44.1 Å². The molecular weight excluding hydrogens is 445 g/mol. The predicted octanol–water partition coefficient (Wildman–Crippen LogP) is 4.47. The lowest BCUT2D eigenvalue weighted by Crippen LogP contribution is -2.29. The van der Waals surface area contributed by atoms with E-state index in [-0.39, 0.29) is 16.5 Å². The molecule has 0 saturated carbocycles. The zero-order chi connectivity index (χ0) is 23.1. The molecule has 1 fully saturated rings. The van der Waals surface area contributed by atoms with Crippen LogP contribution in [-0.4, -0.2) is 33.9 Å². The number of carbonyl (C=O) groups is 2. The number of hydrogen-bond acceptors (Lipinski definition) is 7. The fourth-order valence-corrected chi connectivity index (χ4v) is 4.82. The van der Waals surface area contributed by atoms with E-state index in [1.165, 1.54) is 42.6 Å². The van der Waals surface area contributed by atoms with Gasteiger partial charge in [-0.25, -0.2) is 9.37 Å². The average Bonchev–Trinajstić information content (AvgIpc) is 3.37. The maximum atomic E-state index is 13.7. The molecule has 4 aromatic rings. The van der Waals surface area contributed by atoms with Gasteiger partial charge < -0.3 is 9.84 Å². The van der Waals surface area contributed by atoms with Gasteiger partial charge >= 0.3 is 5.91 Å². The summed E-state index contributed by atoms with van der Waals surface area (Å²) >= 11 is 1.09. The number of amides is 1. The number of nitrogens with zero attached hydrogens (tertiary/aromatic N) is 3. The van der Waals surface area contributed by atoms with Gasteiger partial charge in [0.2, 0.25) is 0 Å². The van der Waals surface area contributed by atoms with Crippen molar-refractivity contribution in [2.24, 2.45) is 0 Å². The molecule has 2 aromatic heterocycles. The molecule has 33 heavy (non-hydrogen) atoms. The minimum atomic E-state index is -0.940. The van der Waals surface area contributed by atoms with Gasteiger partial charge in [0.05, 0.1) is 28.9 Å². The zero-order valence-corrected chi connectivity index (χ0v) is 18.0. The highest BCUT2D eigenvalue weighted by Gasteiger charge is 2.48. The number of thiazole rings is 1. The number of halogens is 1. The number of fused-ring (bicyclic) bond motifs is 1. The van der Waals surface area contributed by atoms with E-state index in [0.717, 1.165) is 11.3 Å². The molecule has 0 aliphatic carbocycles. The van der Waals surface area contributed by atoms with Gasteiger partial charge in [-0.2, -0.15) is 0 Å². The van der Waals surface area contributed by atoms with Crippen molar-refractivity contribution in [1.29, 1.82) is 0 Å². The second-order valence-electron chi connectivity index (χ2n) is 7.29. The van der Waals surface area contributed by atoms with Crippen LogP contribution < -0.4 is 9.64 Å². The first-order chi connectivity index (χ1) is 16.0. The minimum Gasteiger partial charge on any atom is -0.507 e. The molecule has 1 unspecified atom stereocenters. The number of benzene rings is 2. The van der Waals surface area contributed by atoms with Crippen molar-refractivity contribution in [2.75, 3.05) is 12.0 Å². The van der Waals surface area contributed by atoms with Gasteiger partial charge in [0, 0.05) is 18.0 Å². The van der Waals surface area contributed by atoms with Crippen molar-refractivity contribution in [3.8, 4) is 5.75 Å². The van der Waals surface area contributed by atoms with E-state index >= 15 is 0 Å². The Hall–Kier alpha value is -4.11. The van der Waals surface area contributed by atoms with Crippen LogP contribution in [0, 0.1) is 5.82 Å². The van der Waals surface area contributed by atoms with Gasteiger partial charge in [-0.15, -0.1) is 0 Å². The van der Waals surface area contributed by atoms with E-state index in [2.05, 4.69) is 9.97 Å². The van der Waals surface area contributed by atoms with Crippen LogP contribution in [-0.2, 0) is 9.59 Å². The van der Waals surface area contributed by atoms with Crippen molar-refractivity contribution in [1.82, 2.24) is 9.97 Å². The van der Waals surface area contributed by atoms with E-state index in [0.29, 0.717) is 27.1 Å². The number of hydrogen-bond donors (Lipinski definition) is 1. The Kier molecular flexibility index (Phi) is 5.10. The number of methoxy groups -OCH3 is 1. The molecule has 1 aliphatic heterocycles. The van der Waals surface area contributed by atoms with E-state index < -0.39 is 23.5 Å². The largest absolute Gasteiger partial charge is 0.507 e. The monoisotopic (exact) mass is 461 g/mol. The number of pyridine rings is 1. The van der Waals surface area contributed by atoms with Crippen LogP contribution in [0.2, 0.25) is 0 Å². The Labute approximate surface area is 191 Å². The summed E-state index contributed by atoms with van der Waals surface area (Å²) in [6.07, 6.45) is 3.07. The normalized spacial score (nSPS) is 17.6. The first-order valence-corrected chi connectivity index (χ1v) is 10.7. The number of ketones is 1. The Morgan fingerprint density at radius 1 is 1.12 bits per heavy atom.